The monoisotopic (exact) mass is 290 g/mol. The number of hydrogen-bond acceptors (Lipinski definition) is 6. The van der Waals surface area contributed by atoms with Gasteiger partial charge in [0.15, 0.2) is 17.9 Å². The van der Waals surface area contributed by atoms with E-state index < -0.39 is 36.2 Å². The Morgan fingerprint density at radius 2 is 1.55 bits per heavy atom. The number of fused-ring (bicyclic) bond motifs is 1. The largest absolute Gasteiger partial charge is 0.387 e. The van der Waals surface area contributed by atoms with E-state index in [9.17, 15) is 5.11 Å². The highest BCUT2D eigenvalue weighted by Crippen LogP contribution is 2.40. The molecule has 0 aromatic rings. The minimum Gasteiger partial charge on any atom is -0.387 e. The fourth-order valence-electron chi connectivity index (χ4n) is 2.70. The van der Waals surface area contributed by atoms with Crippen molar-refractivity contribution in [2.75, 3.05) is 6.61 Å². The van der Waals surface area contributed by atoms with Gasteiger partial charge in [0.25, 0.3) is 0 Å². The lowest BCUT2D eigenvalue weighted by molar-refractivity contribution is -0.232. The van der Waals surface area contributed by atoms with Gasteiger partial charge >= 0.3 is 0 Å². The minimum absolute atomic E-state index is 0.295. The lowest BCUT2D eigenvalue weighted by atomic mass is 10.1. The van der Waals surface area contributed by atoms with Gasteiger partial charge in [0.1, 0.15) is 24.4 Å². The van der Waals surface area contributed by atoms with E-state index in [4.69, 9.17) is 23.7 Å². The molecule has 6 heteroatoms. The summed E-state index contributed by atoms with van der Waals surface area (Å²) >= 11 is 0. The second-order valence-electron chi connectivity index (χ2n) is 5.93. The van der Waals surface area contributed by atoms with Crippen molar-refractivity contribution in [3.8, 4) is 0 Å². The third-order valence-corrected chi connectivity index (χ3v) is 3.45. The molecule has 3 fully saturated rings. The van der Waals surface area contributed by atoms with Crippen molar-refractivity contribution < 1.29 is 28.8 Å². The SMILES string of the molecule is CC.CC1(C)OCC(C2OC3OC(C)(C)OC3C2O)O1. The third kappa shape index (κ3) is 3.00. The smallest absolute Gasteiger partial charge is 0.190 e. The summed E-state index contributed by atoms with van der Waals surface area (Å²) in [5.74, 6) is -1.35. The molecule has 0 aromatic heterocycles. The van der Waals surface area contributed by atoms with E-state index in [0.29, 0.717) is 6.61 Å². The normalized spacial score (nSPS) is 44.9. The van der Waals surface area contributed by atoms with Crippen molar-refractivity contribution in [2.24, 2.45) is 0 Å². The summed E-state index contributed by atoms with van der Waals surface area (Å²) in [6.45, 7) is 11.7. The quantitative estimate of drug-likeness (QED) is 0.787. The Labute approximate surface area is 120 Å². The molecule has 3 aliphatic heterocycles. The molecule has 3 heterocycles. The van der Waals surface area contributed by atoms with E-state index >= 15 is 0 Å². The molecule has 5 atom stereocenters. The molecule has 3 aliphatic rings. The number of hydrogen-bond donors (Lipinski definition) is 1. The third-order valence-electron chi connectivity index (χ3n) is 3.45. The van der Waals surface area contributed by atoms with Crippen LogP contribution in [0.25, 0.3) is 0 Å². The molecule has 0 amide bonds. The molecule has 0 radical (unpaired) electrons. The van der Waals surface area contributed by atoms with Gasteiger partial charge in [0.05, 0.1) is 6.61 Å². The zero-order valence-corrected chi connectivity index (χ0v) is 13.1. The number of rotatable bonds is 1. The molecule has 5 unspecified atom stereocenters. The van der Waals surface area contributed by atoms with Crippen molar-refractivity contribution >= 4 is 0 Å². The van der Waals surface area contributed by atoms with Gasteiger partial charge in [0, 0.05) is 0 Å². The van der Waals surface area contributed by atoms with Crippen molar-refractivity contribution in [1.29, 1.82) is 0 Å². The van der Waals surface area contributed by atoms with E-state index in [2.05, 4.69) is 0 Å². The first kappa shape index (κ1) is 16.1. The number of ether oxygens (including phenoxy) is 5. The maximum atomic E-state index is 10.3. The van der Waals surface area contributed by atoms with Crippen molar-refractivity contribution in [3.05, 3.63) is 0 Å². The molecule has 118 valence electrons. The second-order valence-corrected chi connectivity index (χ2v) is 5.93. The predicted octanol–water partition coefficient (Wildman–Crippen LogP) is 1.40. The molecule has 0 bridgehead atoms. The van der Waals surface area contributed by atoms with Crippen LogP contribution < -0.4 is 0 Å². The van der Waals surface area contributed by atoms with Crippen LogP contribution in [0.2, 0.25) is 0 Å². The van der Waals surface area contributed by atoms with Crippen LogP contribution in [0.1, 0.15) is 41.5 Å². The minimum atomic E-state index is -0.765. The molecule has 0 aliphatic carbocycles. The summed E-state index contributed by atoms with van der Waals surface area (Å²) in [6.07, 6.45) is -2.53. The van der Waals surface area contributed by atoms with E-state index in [1.54, 1.807) is 13.8 Å². The molecule has 1 N–H and O–H groups in total. The Kier molecular flexibility index (Phi) is 4.45. The highest BCUT2D eigenvalue weighted by atomic mass is 16.8. The maximum Gasteiger partial charge on any atom is 0.190 e. The molecule has 6 nitrogen and oxygen atoms in total. The zero-order valence-electron chi connectivity index (χ0n) is 13.1. The molecule has 20 heavy (non-hydrogen) atoms. The molecule has 0 aromatic carbocycles. The second kappa shape index (κ2) is 5.51. The van der Waals surface area contributed by atoms with Crippen molar-refractivity contribution in [1.82, 2.24) is 0 Å². The highest BCUT2D eigenvalue weighted by molar-refractivity contribution is 4.97. The Morgan fingerprint density at radius 3 is 2.05 bits per heavy atom. The highest BCUT2D eigenvalue weighted by Gasteiger charge is 2.57. The maximum absolute atomic E-state index is 10.3. The van der Waals surface area contributed by atoms with Crippen LogP contribution in [0.5, 0.6) is 0 Å². The van der Waals surface area contributed by atoms with Crippen LogP contribution in [-0.2, 0) is 23.7 Å². The van der Waals surface area contributed by atoms with Crippen LogP contribution >= 0.6 is 0 Å². The van der Waals surface area contributed by atoms with Gasteiger partial charge in [-0.2, -0.15) is 0 Å². The molecular formula is C14H26O6. The van der Waals surface area contributed by atoms with Crippen LogP contribution in [-0.4, -0.2) is 54.0 Å². The summed E-state index contributed by atoms with van der Waals surface area (Å²) in [5, 5.41) is 10.3. The van der Waals surface area contributed by atoms with Crippen LogP contribution in [0, 0.1) is 0 Å². The van der Waals surface area contributed by atoms with Gasteiger partial charge in [-0.3, -0.25) is 0 Å². The topological polar surface area (TPSA) is 66.4 Å². The van der Waals surface area contributed by atoms with Crippen molar-refractivity contribution in [2.45, 2.75) is 83.8 Å². The van der Waals surface area contributed by atoms with Crippen LogP contribution in [0.4, 0.5) is 0 Å². The molecule has 0 saturated carbocycles. The molecule has 3 saturated heterocycles. The predicted molar refractivity (Wildman–Crippen MR) is 71.0 cm³/mol. The fraction of sp³-hybridized carbons (Fsp3) is 1.00. The summed E-state index contributed by atoms with van der Waals surface area (Å²) < 4.78 is 28.1. The molecule has 0 spiro atoms. The van der Waals surface area contributed by atoms with Gasteiger partial charge in [-0.05, 0) is 27.7 Å². The molecule has 3 rings (SSSR count). The van der Waals surface area contributed by atoms with E-state index in [0.717, 1.165) is 0 Å². The first-order valence-electron chi connectivity index (χ1n) is 7.28. The van der Waals surface area contributed by atoms with Gasteiger partial charge in [-0.1, -0.05) is 13.8 Å². The Bertz CT molecular complexity index is 343. The fourth-order valence-corrected chi connectivity index (χ4v) is 2.70. The summed E-state index contributed by atoms with van der Waals surface area (Å²) in [7, 11) is 0. The Hall–Kier alpha value is -0.240. The van der Waals surface area contributed by atoms with Gasteiger partial charge in [-0.25, -0.2) is 0 Å². The van der Waals surface area contributed by atoms with E-state index in [1.807, 2.05) is 27.7 Å². The number of aliphatic hydroxyl groups excluding tert-OH is 1. The molecular weight excluding hydrogens is 264 g/mol. The van der Waals surface area contributed by atoms with Crippen LogP contribution in [0.15, 0.2) is 0 Å². The van der Waals surface area contributed by atoms with E-state index in [1.165, 1.54) is 0 Å². The van der Waals surface area contributed by atoms with Crippen LogP contribution in [0.3, 0.4) is 0 Å². The lowest BCUT2D eigenvalue weighted by Gasteiger charge is -2.26. The lowest BCUT2D eigenvalue weighted by Crippen LogP contribution is -2.42. The zero-order chi connectivity index (χ0) is 15.1. The average Bonchev–Trinajstić information content (AvgIpc) is 2.95. The Morgan fingerprint density at radius 1 is 0.900 bits per heavy atom. The Balaban J connectivity index is 0.000000704. The number of aliphatic hydroxyl groups is 1. The van der Waals surface area contributed by atoms with Crippen molar-refractivity contribution in [3.63, 3.8) is 0 Å². The van der Waals surface area contributed by atoms with Gasteiger partial charge < -0.3 is 28.8 Å². The standard InChI is InChI=1S/C12H20O6.C2H6/c1-11(2)14-5-6(16-11)8-7(13)9-10(15-8)18-12(3,4)17-9;1-2/h6-10,13H,5H2,1-4H3;1-2H3. The first-order chi connectivity index (χ1) is 9.27. The van der Waals surface area contributed by atoms with Gasteiger partial charge in [-0.15, -0.1) is 0 Å². The van der Waals surface area contributed by atoms with Gasteiger partial charge in [0.2, 0.25) is 0 Å². The summed E-state index contributed by atoms with van der Waals surface area (Å²) in [4.78, 5) is 0. The average molecular weight is 290 g/mol. The summed E-state index contributed by atoms with van der Waals surface area (Å²) in [5.41, 5.74) is 0. The summed E-state index contributed by atoms with van der Waals surface area (Å²) in [6, 6.07) is 0. The first-order valence-corrected chi connectivity index (χ1v) is 7.28. The van der Waals surface area contributed by atoms with E-state index in [-0.39, 0.29) is 6.10 Å².